The molecule has 0 saturated heterocycles. The first kappa shape index (κ1) is 15.8. The number of ether oxygens (including phenoxy) is 1. The molecular weight excluding hydrogens is 285 g/mol. The van der Waals surface area contributed by atoms with Gasteiger partial charge >= 0.3 is 0 Å². The molecule has 1 aromatic carbocycles. The minimum absolute atomic E-state index is 0.1000. The van der Waals surface area contributed by atoms with Crippen molar-refractivity contribution in [3.05, 3.63) is 42.3 Å². The number of carbonyl (C=O) groups excluding carboxylic acids is 1. The van der Waals surface area contributed by atoms with Crippen LogP contribution in [0.15, 0.2) is 36.5 Å². The van der Waals surface area contributed by atoms with E-state index in [1.807, 2.05) is 0 Å². The second-order valence-corrected chi connectivity index (χ2v) is 4.89. The van der Waals surface area contributed by atoms with Gasteiger partial charge in [-0.2, -0.15) is 0 Å². The van der Waals surface area contributed by atoms with Gasteiger partial charge in [-0.3, -0.25) is 0 Å². The molecule has 1 saturated carbocycles. The summed E-state index contributed by atoms with van der Waals surface area (Å²) in [6, 6.07) is 7.72. The first-order valence-corrected chi connectivity index (χ1v) is 6.94. The summed E-state index contributed by atoms with van der Waals surface area (Å²) in [6.45, 7) is 0. The van der Waals surface area contributed by atoms with Gasteiger partial charge in [0, 0.05) is 31.3 Å². The number of pyridine rings is 1. The zero-order chi connectivity index (χ0) is 15.9. The number of carbonyl (C=O) groups is 1. The lowest BCUT2D eigenvalue weighted by atomic mass is 10.3. The quantitative estimate of drug-likeness (QED) is 0.670. The van der Waals surface area contributed by atoms with Crippen molar-refractivity contribution < 1.29 is 13.9 Å². The first-order valence-electron chi connectivity index (χ1n) is 6.94. The summed E-state index contributed by atoms with van der Waals surface area (Å²) < 4.78 is 18.7. The Morgan fingerprint density at radius 1 is 1.32 bits per heavy atom. The largest absolute Gasteiger partial charge is 0.457 e. The third-order valence-corrected chi connectivity index (χ3v) is 3.01. The number of halogens is 1. The summed E-state index contributed by atoms with van der Waals surface area (Å²) in [7, 11) is 1.76. The van der Waals surface area contributed by atoms with Crippen LogP contribution in [0.2, 0.25) is 0 Å². The second-order valence-electron chi connectivity index (χ2n) is 4.89. The van der Waals surface area contributed by atoms with Gasteiger partial charge in [0.1, 0.15) is 29.4 Å². The highest BCUT2D eigenvalue weighted by atomic mass is 19.1. The topological polar surface area (TPSA) is 77.2 Å². The first-order chi connectivity index (χ1) is 10.6. The fraction of sp³-hybridized carbons (Fsp3) is 0.250. The van der Waals surface area contributed by atoms with Crippen molar-refractivity contribution >= 4 is 17.8 Å². The van der Waals surface area contributed by atoms with Crippen LogP contribution in [0.1, 0.15) is 12.8 Å². The number of nitrogen functional groups attached to an aromatic ring is 1. The molecule has 0 unspecified atom stereocenters. The average Bonchev–Trinajstić information content (AvgIpc) is 3.36. The molecule has 0 amide bonds. The van der Waals surface area contributed by atoms with E-state index in [2.05, 4.69) is 10.3 Å². The van der Waals surface area contributed by atoms with Crippen LogP contribution in [-0.2, 0) is 4.79 Å². The molecule has 1 aromatic heterocycles. The Labute approximate surface area is 128 Å². The van der Waals surface area contributed by atoms with E-state index in [9.17, 15) is 9.18 Å². The molecule has 6 heteroatoms. The number of anilines is 2. The molecule has 5 nitrogen and oxygen atoms in total. The van der Waals surface area contributed by atoms with Gasteiger partial charge in [0.05, 0.1) is 5.69 Å². The van der Waals surface area contributed by atoms with Gasteiger partial charge in [0.15, 0.2) is 0 Å². The van der Waals surface area contributed by atoms with Crippen molar-refractivity contribution in [3.63, 3.8) is 0 Å². The number of aldehydes is 1. The van der Waals surface area contributed by atoms with Crippen molar-refractivity contribution in [2.75, 3.05) is 18.1 Å². The normalized spacial score (nSPS) is 12.8. The number of benzene rings is 1. The van der Waals surface area contributed by atoms with Gasteiger partial charge < -0.3 is 20.6 Å². The molecule has 0 bridgehead atoms. The van der Waals surface area contributed by atoms with Gasteiger partial charge in [-0.25, -0.2) is 9.37 Å². The van der Waals surface area contributed by atoms with Crippen molar-refractivity contribution in [3.8, 4) is 11.5 Å². The molecule has 0 aliphatic heterocycles. The summed E-state index contributed by atoms with van der Waals surface area (Å²) in [4.78, 5) is 13.6. The molecular formula is C16H18FN3O2. The Morgan fingerprint density at radius 2 is 2.05 bits per heavy atom. The highest BCUT2D eigenvalue weighted by Crippen LogP contribution is 2.25. The maximum Gasteiger partial charge on any atom is 0.149 e. The van der Waals surface area contributed by atoms with Gasteiger partial charge in [0.2, 0.25) is 0 Å². The maximum absolute atomic E-state index is 13.2. The van der Waals surface area contributed by atoms with Crippen LogP contribution < -0.4 is 15.8 Å². The summed E-state index contributed by atoms with van der Waals surface area (Å²) in [5.41, 5.74) is 5.48. The number of nitrogens with two attached hydrogens (primary N) is 1. The zero-order valence-electron chi connectivity index (χ0n) is 12.3. The number of rotatable bonds is 4. The predicted molar refractivity (Wildman–Crippen MR) is 83.5 cm³/mol. The summed E-state index contributed by atoms with van der Waals surface area (Å²) in [6.07, 6.45) is 4.92. The lowest BCUT2D eigenvalue weighted by Crippen LogP contribution is -1.94. The van der Waals surface area contributed by atoms with Crippen molar-refractivity contribution in [1.82, 2.24) is 4.98 Å². The molecule has 3 rings (SSSR count). The second kappa shape index (κ2) is 7.40. The molecule has 22 heavy (non-hydrogen) atoms. The lowest BCUT2D eigenvalue weighted by molar-refractivity contribution is -0.108. The van der Waals surface area contributed by atoms with Gasteiger partial charge in [0.25, 0.3) is 0 Å². The zero-order valence-corrected chi connectivity index (χ0v) is 12.3. The standard InChI is InChI=1S/C12H12FN3O.C4H6O/c1-15-12-7-9(4-5-16-12)17-8-2-3-11(14)10(13)6-8;5-3-4-1-2-4/h2-7H,14H2,1H3,(H,15,16);3-4H,1-2H2. The summed E-state index contributed by atoms with van der Waals surface area (Å²) in [5.74, 6) is 1.61. The number of aromatic nitrogens is 1. The van der Waals surface area contributed by atoms with Gasteiger partial charge in [-0.05, 0) is 31.0 Å². The number of nitrogens with zero attached hydrogens (tertiary/aromatic N) is 1. The third-order valence-electron chi connectivity index (χ3n) is 3.01. The highest BCUT2D eigenvalue weighted by molar-refractivity contribution is 5.56. The van der Waals surface area contributed by atoms with E-state index in [-0.39, 0.29) is 5.69 Å². The Morgan fingerprint density at radius 3 is 2.59 bits per heavy atom. The molecule has 116 valence electrons. The van der Waals surface area contributed by atoms with Crippen LogP contribution in [-0.4, -0.2) is 18.3 Å². The minimum Gasteiger partial charge on any atom is -0.457 e. The van der Waals surface area contributed by atoms with Crippen LogP contribution in [0.3, 0.4) is 0 Å². The van der Waals surface area contributed by atoms with Crippen molar-refractivity contribution in [2.24, 2.45) is 5.92 Å². The van der Waals surface area contributed by atoms with E-state index in [0.717, 1.165) is 19.1 Å². The number of nitrogens with one attached hydrogen (secondary N) is 1. The molecule has 0 atom stereocenters. The van der Waals surface area contributed by atoms with E-state index in [0.29, 0.717) is 23.2 Å². The molecule has 3 N–H and O–H groups in total. The van der Waals surface area contributed by atoms with Crippen LogP contribution in [0, 0.1) is 11.7 Å². The molecule has 1 aliphatic carbocycles. The Hall–Kier alpha value is -2.63. The minimum atomic E-state index is -0.495. The van der Waals surface area contributed by atoms with Crippen LogP contribution in [0.5, 0.6) is 11.5 Å². The van der Waals surface area contributed by atoms with E-state index < -0.39 is 5.82 Å². The molecule has 1 aliphatic rings. The molecule has 0 radical (unpaired) electrons. The fourth-order valence-corrected chi connectivity index (χ4v) is 1.55. The van der Waals surface area contributed by atoms with Crippen molar-refractivity contribution in [2.45, 2.75) is 12.8 Å². The van der Waals surface area contributed by atoms with Crippen LogP contribution in [0.25, 0.3) is 0 Å². The smallest absolute Gasteiger partial charge is 0.149 e. The fourth-order valence-electron chi connectivity index (χ4n) is 1.55. The Balaban J connectivity index is 0.000000299. The summed E-state index contributed by atoms with van der Waals surface area (Å²) in [5, 5.41) is 2.89. The van der Waals surface area contributed by atoms with E-state index in [4.69, 9.17) is 10.5 Å². The van der Waals surface area contributed by atoms with E-state index >= 15 is 0 Å². The predicted octanol–water partition coefficient (Wildman–Crippen LogP) is 3.23. The monoisotopic (exact) mass is 303 g/mol. The SMILES string of the molecule is CNc1cc(Oc2ccc(N)c(F)c2)ccn1.O=CC1CC1. The van der Waals surface area contributed by atoms with Crippen LogP contribution in [0.4, 0.5) is 15.9 Å². The van der Waals surface area contributed by atoms with Gasteiger partial charge in [-0.15, -0.1) is 0 Å². The molecule has 1 fully saturated rings. The van der Waals surface area contributed by atoms with Crippen LogP contribution >= 0.6 is 0 Å². The summed E-state index contributed by atoms with van der Waals surface area (Å²) >= 11 is 0. The van der Waals surface area contributed by atoms with E-state index in [1.165, 1.54) is 12.1 Å². The Kier molecular flexibility index (Phi) is 5.30. The molecule has 2 aromatic rings. The van der Waals surface area contributed by atoms with Crippen molar-refractivity contribution in [1.29, 1.82) is 0 Å². The Bertz CT molecular complexity index is 645. The number of hydrogen-bond donors (Lipinski definition) is 2. The maximum atomic E-state index is 13.2. The lowest BCUT2D eigenvalue weighted by Gasteiger charge is -2.07. The molecule has 0 spiro atoms. The highest BCUT2D eigenvalue weighted by Gasteiger charge is 2.18. The van der Waals surface area contributed by atoms with E-state index in [1.54, 1.807) is 31.4 Å². The third kappa shape index (κ3) is 4.73. The van der Waals surface area contributed by atoms with Gasteiger partial charge in [-0.1, -0.05) is 0 Å². The molecule has 1 heterocycles. The number of hydrogen-bond acceptors (Lipinski definition) is 5. The average molecular weight is 303 g/mol.